The zero-order valence-corrected chi connectivity index (χ0v) is 17.9. The first-order valence-electron chi connectivity index (χ1n) is 9.54. The number of piperazine rings is 1. The van der Waals surface area contributed by atoms with Crippen molar-refractivity contribution < 1.29 is 17.7 Å². The maximum atomic E-state index is 13.0. The van der Waals surface area contributed by atoms with E-state index in [1.807, 2.05) is 30.3 Å². The number of anilines is 1. The molecule has 0 radical (unpaired) electrons. The Hall–Kier alpha value is -2.98. The smallest absolute Gasteiger partial charge is 0.248 e. The highest BCUT2D eigenvalue weighted by atomic mass is 32.2. The molecule has 1 aliphatic rings. The average Bonchev–Trinajstić information content (AvgIpc) is 3.12. The summed E-state index contributed by atoms with van der Waals surface area (Å²) in [5.41, 5.74) is 2.09. The molecule has 1 saturated heterocycles. The van der Waals surface area contributed by atoms with Gasteiger partial charge in [-0.05, 0) is 26.0 Å². The normalized spacial score (nSPS) is 15.4. The molecule has 9 nitrogen and oxygen atoms in total. The molecule has 0 atom stereocenters. The number of aromatic nitrogens is 3. The first-order valence-corrected chi connectivity index (χ1v) is 11.0. The molecule has 0 saturated carbocycles. The van der Waals surface area contributed by atoms with Crippen molar-refractivity contribution in [1.82, 2.24) is 19.4 Å². The molecule has 4 rings (SSSR count). The van der Waals surface area contributed by atoms with Gasteiger partial charge in [0.05, 0.1) is 12.8 Å². The second-order valence-electron chi connectivity index (χ2n) is 7.04. The zero-order chi connectivity index (χ0) is 21.3. The van der Waals surface area contributed by atoms with Gasteiger partial charge in [-0.1, -0.05) is 17.3 Å². The summed E-state index contributed by atoms with van der Waals surface area (Å²) in [5, 5.41) is 3.77. The minimum absolute atomic E-state index is 0.165. The van der Waals surface area contributed by atoms with E-state index < -0.39 is 10.0 Å². The highest BCUT2D eigenvalue weighted by Gasteiger charge is 2.33. The van der Waals surface area contributed by atoms with Crippen LogP contribution in [0.1, 0.15) is 11.5 Å². The van der Waals surface area contributed by atoms with E-state index in [9.17, 15) is 8.42 Å². The number of nitrogens with zero attached hydrogens (tertiary/aromatic N) is 5. The highest BCUT2D eigenvalue weighted by molar-refractivity contribution is 7.89. The summed E-state index contributed by atoms with van der Waals surface area (Å²) in [4.78, 5) is 11.0. The Morgan fingerprint density at radius 2 is 1.83 bits per heavy atom. The van der Waals surface area contributed by atoms with Gasteiger partial charge in [-0.2, -0.15) is 4.31 Å². The Kier molecular flexibility index (Phi) is 5.44. The Labute approximate surface area is 175 Å². The molecule has 158 valence electrons. The van der Waals surface area contributed by atoms with Crippen molar-refractivity contribution in [3.05, 3.63) is 48.1 Å². The Balaban J connectivity index is 1.51. The largest absolute Gasteiger partial charge is 0.497 e. The standard InChI is InChI=1S/C20H23N5O4S/c1-14-20(15(2)29-23-14)30(26,27)25-9-7-24(8-10-25)19-12-18(21-13-22-19)16-5-4-6-17(11-16)28-3/h4-6,11-13H,7-10H2,1-3H3. The van der Waals surface area contributed by atoms with Crippen LogP contribution in [0.15, 0.2) is 46.1 Å². The van der Waals surface area contributed by atoms with E-state index in [4.69, 9.17) is 9.26 Å². The summed E-state index contributed by atoms with van der Waals surface area (Å²) in [7, 11) is -2.02. The van der Waals surface area contributed by atoms with Crippen molar-refractivity contribution >= 4 is 15.8 Å². The molecule has 10 heteroatoms. The lowest BCUT2D eigenvalue weighted by Gasteiger charge is -2.34. The van der Waals surface area contributed by atoms with Crippen molar-refractivity contribution in [1.29, 1.82) is 0 Å². The van der Waals surface area contributed by atoms with Gasteiger partial charge in [0.15, 0.2) is 5.76 Å². The van der Waals surface area contributed by atoms with Crippen LogP contribution in [-0.2, 0) is 10.0 Å². The van der Waals surface area contributed by atoms with Gasteiger partial charge in [0.1, 0.15) is 28.5 Å². The lowest BCUT2D eigenvalue weighted by Crippen LogP contribution is -2.49. The van der Waals surface area contributed by atoms with Gasteiger partial charge in [-0.15, -0.1) is 0 Å². The number of hydrogen-bond donors (Lipinski definition) is 0. The zero-order valence-electron chi connectivity index (χ0n) is 17.1. The molecule has 1 fully saturated rings. The van der Waals surface area contributed by atoms with E-state index in [0.717, 1.165) is 22.8 Å². The van der Waals surface area contributed by atoms with Crippen LogP contribution >= 0.6 is 0 Å². The minimum Gasteiger partial charge on any atom is -0.497 e. The molecule has 0 bridgehead atoms. The van der Waals surface area contributed by atoms with E-state index in [1.54, 1.807) is 21.0 Å². The highest BCUT2D eigenvalue weighted by Crippen LogP contribution is 2.27. The lowest BCUT2D eigenvalue weighted by atomic mass is 10.1. The van der Waals surface area contributed by atoms with Crippen molar-refractivity contribution in [3.8, 4) is 17.0 Å². The van der Waals surface area contributed by atoms with Crippen LogP contribution < -0.4 is 9.64 Å². The predicted molar refractivity (Wildman–Crippen MR) is 111 cm³/mol. The number of ether oxygens (including phenoxy) is 1. The first-order chi connectivity index (χ1) is 14.4. The number of rotatable bonds is 5. The van der Waals surface area contributed by atoms with E-state index >= 15 is 0 Å². The molecule has 30 heavy (non-hydrogen) atoms. The average molecular weight is 430 g/mol. The molecule has 2 aromatic heterocycles. The molecule has 0 N–H and O–H groups in total. The maximum absolute atomic E-state index is 13.0. The molecule has 0 spiro atoms. The van der Waals surface area contributed by atoms with Crippen LogP contribution in [0.2, 0.25) is 0 Å². The summed E-state index contributed by atoms with van der Waals surface area (Å²) < 4.78 is 37.8. The fourth-order valence-corrected chi connectivity index (χ4v) is 5.30. The third-order valence-corrected chi connectivity index (χ3v) is 7.29. The first kappa shape index (κ1) is 20.3. The summed E-state index contributed by atoms with van der Waals surface area (Å²) in [6.07, 6.45) is 1.52. The molecule has 3 aromatic rings. The molecule has 0 amide bonds. The van der Waals surface area contributed by atoms with Crippen molar-refractivity contribution in [2.45, 2.75) is 18.7 Å². The van der Waals surface area contributed by atoms with Crippen LogP contribution in [0, 0.1) is 13.8 Å². The topological polar surface area (TPSA) is 102 Å². The molecule has 3 heterocycles. The van der Waals surface area contributed by atoms with Crippen molar-refractivity contribution in [2.75, 3.05) is 38.2 Å². The summed E-state index contributed by atoms with van der Waals surface area (Å²) in [5.74, 6) is 1.83. The third kappa shape index (κ3) is 3.75. The Morgan fingerprint density at radius 3 is 2.50 bits per heavy atom. The second kappa shape index (κ2) is 8.04. The third-order valence-electron chi connectivity index (χ3n) is 5.15. The lowest BCUT2D eigenvalue weighted by molar-refractivity contribution is 0.378. The van der Waals surface area contributed by atoms with E-state index in [-0.39, 0.29) is 4.90 Å². The minimum atomic E-state index is -3.64. The van der Waals surface area contributed by atoms with Gasteiger partial charge in [0.25, 0.3) is 0 Å². The Morgan fingerprint density at radius 1 is 1.07 bits per heavy atom. The fourth-order valence-electron chi connectivity index (χ4n) is 3.59. The molecule has 1 aliphatic heterocycles. The fraction of sp³-hybridized carbons (Fsp3) is 0.350. The SMILES string of the molecule is COc1cccc(-c2cc(N3CCN(S(=O)(=O)c4c(C)noc4C)CC3)ncn2)c1. The maximum Gasteiger partial charge on any atom is 0.248 e. The van der Waals surface area contributed by atoms with Gasteiger partial charge in [0.2, 0.25) is 10.0 Å². The van der Waals surface area contributed by atoms with Gasteiger partial charge >= 0.3 is 0 Å². The summed E-state index contributed by atoms with van der Waals surface area (Å²) in [6, 6.07) is 9.58. The van der Waals surface area contributed by atoms with Gasteiger partial charge in [-0.25, -0.2) is 18.4 Å². The number of hydrogen-bond acceptors (Lipinski definition) is 8. The van der Waals surface area contributed by atoms with E-state index in [0.29, 0.717) is 37.6 Å². The second-order valence-corrected chi connectivity index (χ2v) is 8.91. The van der Waals surface area contributed by atoms with Crippen LogP contribution in [0.4, 0.5) is 5.82 Å². The molecule has 0 aliphatic carbocycles. The van der Waals surface area contributed by atoms with Crippen molar-refractivity contribution in [3.63, 3.8) is 0 Å². The van der Waals surface area contributed by atoms with Gasteiger partial charge in [-0.3, -0.25) is 0 Å². The molecular weight excluding hydrogens is 406 g/mol. The number of sulfonamides is 1. The molecule has 1 aromatic carbocycles. The molecule has 0 unspecified atom stereocenters. The number of benzene rings is 1. The molecular formula is C20H23N5O4S. The van der Waals surface area contributed by atoms with Gasteiger partial charge < -0.3 is 14.2 Å². The Bertz CT molecular complexity index is 1130. The van der Waals surface area contributed by atoms with E-state index in [2.05, 4.69) is 20.0 Å². The quantitative estimate of drug-likeness (QED) is 0.609. The van der Waals surface area contributed by atoms with Crippen LogP contribution in [-0.4, -0.2) is 61.1 Å². The monoisotopic (exact) mass is 429 g/mol. The van der Waals surface area contributed by atoms with Crippen LogP contribution in [0.5, 0.6) is 5.75 Å². The van der Waals surface area contributed by atoms with Gasteiger partial charge in [0, 0.05) is 37.8 Å². The van der Waals surface area contributed by atoms with Crippen LogP contribution in [0.3, 0.4) is 0 Å². The predicted octanol–water partition coefficient (Wildman–Crippen LogP) is 2.27. The summed E-state index contributed by atoms with van der Waals surface area (Å²) >= 11 is 0. The van der Waals surface area contributed by atoms with E-state index in [1.165, 1.54) is 10.6 Å². The van der Waals surface area contributed by atoms with Crippen molar-refractivity contribution in [2.24, 2.45) is 0 Å². The number of methoxy groups -OCH3 is 1. The van der Waals surface area contributed by atoms with Crippen LogP contribution in [0.25, 0.3) is 11.3 Å². The number of aryl methyl sites for hydroxylation is 2. The summed E-state index contributed by atoms with van der Waals surface area (Å²) in [6.45, 7) is 5.01.